The Labute approximate surface area is 101 Å². The Morgan fingerprint density at radius 1 is 1.44 bits per heavy atom. The van der Waals surface area contributed by atoms with Crippen LogP contribution in [0.4, 0.5) is 5.69 Å². The molecule has 0 aliphatic heterocycles. The molecule has 1 aromatic rings. The second-order valence-electron chi connectivity index (χ2n) is 3.55. The van der Waals surface area contributed by atoms with Gasteiger partial charge in [0.1, 0.15) is 0 Å². The molecule has 1 heterocycles. The predicted octanol–water partition coefficient (Wildman–Crippen LogP) is 3.28. The number of hydrogen-bond donors (Lipinski definition) is 1. The molecule has 3 nitrogen and oxygen atoms in total. The lowest BCUT2D eigenvalue weighted by Gasteiger charge is -2.04. The van der Waals surface area contributed by atoms with E-state index < -0.39 is 0 Å². The zero-order chi connectivity index (χ0) is 11.6. The van der Waals surface area contributed by atoms with Crippen LogP contribution < -0.4 is 5.32 Å². The molecule has 0 radical (unpaired) electrons. The quantitative estimate of drug-likeness (QED) is 0.560. The third-order valence-electron chi connectivity index (χ3n) is 2.21. The molecule has 0 aliphatic carbocycles. The number of carbonyl (C=O) groups is 1. The van der Waals surface area contributed by atoms with Gasteiger partial charge in [0.15, 0.2) is 0 Å². The first-order valence-electron chi connectivity index (χ1n) is 5.74. The number of rotatable bonds is 8. The molecule has 0 saturated heterocycles. The molecule has 0 atom stereocenters. The summed E-state index contributed by atoms with van der Waals surface area (Å²) >= 11 is 1.69. The summed E-state index contributed by atoms with van der Waals surface area (Å²) in [6, 6.07) is 2.07. The van der Waals surface area contributed by atoms with Gasteiger partial charge in [-0.1, -0.05) is 6.42 Å². The summed E-state index contributed by atoms with van der Waals surface area (Å²) in [5.41, 5.74) is 1.19. The SMILES string of the molecule is CCOC(=O)CCCCCNc1ccsc1. The van der Waals surface area contributed by atoms with Crippen LogP contribution in [0.3, 0.4) is 0 Å². The number of anilines is 1. The van der Waals surface area contributed by atoms with Gasteiger partial charge in [-0.2, -0.15) is 11.3 Å². The van der Waals surface area contributed by atoms with Crippen LogP contribution in [0.5, 0.6) is 0 Å². The van der Waals surface area contributed by atoms with Crippen molar-refractivity contribution in [2.45, 2.75) is 32.6 Å². The van der Waals surface area contributed by atoms with Gasteiger partial charge in [-0.05, 0) is 31.2 Å². The van der Waals surface area contributed by atoms with Gasteiger partial charge in [-0.25, -0.2) is 0 Å². The van der Waals surface area contributed by atoms with Gasteiger partial charge in [-0.3, -0.25) is 4.79 Å². The van der Waals surface area contributed by atoms with Crippen molar-refractivity contribution in [3.8, 4) is 0 Å². The molecule has 16 heavy (non-hydrogen) atoms. The van der Waals surface area contributed by atoms with E-state index >= 15 is 0 Å². The van der Waals surface area contributed by atoms with Gasteiger partial charge < -0.3 is 10.1 Å². The Hall–Kier alpha value is -1.03. The lowest BCUT2D eigenvalue weighted by Crippen LogP contribution is -2.04. The first kappa shape index (κ1) is 13.0. The Morgan fingerprint density at radius 2 is 2.31 bits per heavy atom. The molecule has 0 aliphatic rings. The van der Waals surface area contributed by atoms with Crippen molar-refractivity contribution >= 4 is 23.0 Å². The molecule has 1 N–H and O–H groups in total. The molecule has 0 amide bonds. The number of carbonyl (C=O) groups excluding carboxylic acids is 1. The molecule has 0 aromatic carbocycles. The predicted molar refractivity (Wildman–Crippen MR) is 67.9 cm³/mol. The zero-order valence-electron chi connectivity index (χ0n) is 9.70. The van der Waals surface area contributed by atoms with E-state index in [2.05, 4.69) is 22.1 Å². The van der Waals surface area contributed by atoms with Crippen molar-refractivity contribution in [1.82, 2.24) is 0 Å². The van der Waals surface area contributed by atoms with Crippen LogP contribution in [0.1, 0.15) is 32.6 Å². The van der Waals surface area contributed by atoms with E-state index in [0.717, 1.165) is 25.8 Å². The highest BCUT2D eigenvalue weighted by Crippen LogP contribution is 2.12. The third-order valence-corrected chi connectivity index (χ3v) is 2.90. The number of thiophene rings is 1. The molecule has 4 heteroatoms. The topological polar surface area (TPSA) is 38.3 Å². The fraction of sp³-hybridized carbons (Fsp3) is 0.583. The first-order chi connectivity index (χ1) is 7.83. The van der Waals surface area contributed by atoms with Gasteiger partial charge in [-0.15, -0.1) is 0 Å². The van der Waals surface area contributed by atoms with Crippen LogP contribution in [-0.4, -0.2) is 19.1 Å². The average molecular weight is 241 g/mol. The number of unbranched alkanes of at least 4 members (excludes halogenated alkanes) is 2. The van der Waals surface area contributed by atoms with E-state index in [4.69, 9.17) is 4.74 Å². The molecule has 0 fully saturated rings. The van der Waals surface area contributed by atoms with Crippen LogP contribution in [0, 0.1) is 0 Å². The fourth-order valence-corrected chi connectivity index (χ4v) is 2.01. The Bertz CT molecular complexity index is 285. The summed E-state index contributed by atoms with van der Waals surface area (Å²) in [5.74, 6) is -0.0757. The molecule has 0 saturated carbocycles. The summed E-state index contributed by atoms with van der Waals surface area (Å²) < 4.78 is 4.85. The Kier molecular flexibility index (Phi) is 6.65. The van der Waals surface area contributed by atoms with Crippen molar-refractivity contribution in [2.75, 3.05) is 18.5 Å². The summed E-state index contributed by atoms with van der Waals surface area (Å²) in [5, 5.41) is 7.49. The number of esters is 1. The Morgan fingerprint density at radius 3 is 3.00 bits per heavy atom. The molecule has 0 spiro atoms. The molecule has 90 valence electrons. The molecule has 0 unspecified atom stereocenters. The van der Waals surface area contributed by atoms with Gasteiger partial charge in [0.2, 0.25) is 0 Å². The second-order valence-corrected chi connectivity index (χ2v) is 4.33. The molecular weight excluding hydrogens is 222 g/mol. The van der Waals surface area contributed by atoms with E-state index in [1.165, 1.54) is 5.69 Å². The van der Waals surface area contributed by atoms with Gasteiger partial charge in [0.25, 0.3) is 0 Å². The lowest BCUT2D eigenvalue weighted by atomic mass is 10.2. The van der Waals surface area contributed by atoms with Crippen LogP contribution >= 0.6 is 11.3 Å². The molecule has 0 bridgehead atoms. The average Bonchev–Trinajstić information content (AvgIpc) is 2.76. The fourth-order valence-electron chi connectivity index (χ4n) is 1.40. The molecule has 1 aromatic heterocycles. The largest absolute Gasteiger partial charge is 0.466 e. The lowest BCUT2D eigenvalue weighted by molar-refractivity contribution is -0.143. The monoisotopic (exact) mass is 241 g/mol. The van der Waals surface area contributed by atoms with Crippen LogP contribution in [0.2, 0.25) is 0 Å². The van der Waals surface area contributed by atoms with Gasteiger partial charge in [0.05, 0.1) is 6.61 Å². The highest BCUT2D eigenvalue weighted by Gasteiger charge is 2.00. The Balaban J connectivity index is 1.90. The van der Waals surface area contributed by atoms with E-state index in [0.29, 0.717) is 13.0 Å². The summed E-state index contributed by atoms with van der Waals surface area (Å²) in [4.78, 5) is 11.0. The van der Waals surface area contributed by atoms with E-state index in [9.17, 15) is 4.79 Å². The van der Waals surface area contributed by atoms with Crippen LogP contribution in [0.25, 0.3) is 0 Å². The number of ether oxygens (including phenoxy) is 1. The maximum Gasteiger partial charge on any atom is 0.305 e. The van der Waals surface area contributed by atoms with Crippen molar-refractivity contribution in [3.63, 3.8) is 0 Å². The van der Waals surface area contributed by atoms with E-state index in [1.807, 2.05) is 6.92 Å². The minimum Gasteiger partial charge on any atom is -0.466 e. The van der Waals surface area contributed by atoms with Gasteiger partial charge in [0, 0.05) is 24.0 Å². The number of hydrogen-bond acceptors (Lipinski definition) is 4. The highest BCUT2D eigenvalue weighted by molar-refractivity contribution is 7.08. The highest BCUT2D eigenvalue weighted by atomic mass is 32.1. The van der Waals surface area contributed by atoms with E-state index in [-0.39, 0.29) is 5.97 Å². The van der Waals surface area contributed by atoms with E-state index in [1.54, 1.807) is 11.3 Å². The normalized spacial score (nSPS) is 10.1. The smallest absolute Gasteiger partial charge is 0.305 e. The first-order valence-corrected chi connectivity index (χ1v) is 6.69. The van der Waals surface area contributed by atoms with Gasteiger partial charge >= 0.3 is 5.97 Å². The zero-order valence-corrected chi connectivity index (χ0v) is 10.5. The summed E-state index contributed by atoms with van der Waals surface area (Å²) in [6.45, 7) is 3.29. The van der Waals surface area contributed by atoms with Crippen molar-refractivity contribution < 1.29 is 9.53 Å². The minimum absolute atomic E-state index is 0.0757. The second kappa shape index (κ2) is 8.16. The molecule has 1 rings (SSSR count). The maximum atomic E-state index is 11.0. The third kappa shape index (κ3) is 5.75. The summed E-state index contributed by atoms with van der Waals surface area (Å²) in [6.07, 6.45) is 3.63. The minimum atomic E-state index is -0.0757. The molecular formula is C12H19NO2S. The van der Waals surface area contributed by atoms with Crippen molar-refractivity contribution in [1.29, 1.82) is 0 Å². The van der Waals surface area contributed by atoms with Crippen molar-refractivity contribution in [3.05, 3.63) is 16.8 Å². The van der Waals surface area contributed by atoms with Crippen LogP contribution in [-0.2, 0) is 9.53 Å². The standard InChI is InChI=1S/C12H19NO2S/c1-2-15-12(14)6-4-3-5-8-13-11-7-9-16-10-11/h7,9-10,13H,2-6,8H2,1H3. The maximum absolute atomic E-state index is 11.0. The summed E-state index contributed by atoms with van der Waals surface area (Å²) in [7, 11) is 0. The number of nitrogens with one attached hydrogen (secondary N) is 1. The van der Waals surface area contributed by atoms with Crippen LogP contribution in [0.15, 0.2) is 16.8 Å². The van der Waals surface area contributed by atoms with Crippen molar-refractivity contribution in [2.24, 2.45) is 0 Å².